The second-order valence-corrected chi connectivity index (χ2v) is 5.37. The van der Waals surface area contributed by atoms with E-state index in [2.05, 4.69) is 5.32 Å². The SMILES string of the molecule is CCOC(=O)C1CC[NH+](CC(=O)Nc2ccccc2)CC1. The molecular weight excluding hydrogens is 268 g/mol. The van der Waals surface area contributed by atoms with Crippen LogP contribution in [-0.4, -0.2) is 38.1 Å². The molecule has 0 saturated carbocycles. The Morgan fingerprint density at radius 1 is 1.24 bits per heavy atom. The number of rotatable bonds is 5. The molecule has 0 atom stereocenters. The normalized spacial score (nSPS) is 21.6. The van der Waals surface area contributed by atoms with Crippen molar-refractivity contribution in [3.05, 3.63) is 30.3 Å². The third-order valence-electron chi connectivity index (χ3n) is 3.78. The van der Waals surface area contributed by atoms with Crippen molar-refractivity contribution >= 4 is 17.6 Å². The van der Waals surface area contributed by atoms with Gasteiger partial charge in [0.15, 0.2) is 6.54 Å². The maximum atomic E-state index is 12.0. The van der Waals surface area contributed by atoms with Gasteiger partial charge in [0.1, 0.15) is 0 Å². The van der Waals surface area contributed by atoms with E-state index in [-0.39, 0.29) is 17.8 Å². The van der Waals surface area contributed by atoms with Gasteiger partial charge in [-0.25, -0.2) is 0 Å². The zero-order chi connectivity index (χ0) is 15.1. The summed E-state index contributed by atoms with van der Waals surface area (Å²) in [4.78, 5) is 24.9. The van der Waals surface area contributed by atoms with Gasteiger partial charge < -0.3 is 15.0 Å². The maximum Gasteiger partial charge on any atom is 0.309 e. The van der Waals surface area contributed by atoms with Crippen LogP contribution in [0.2, 0.25) is 0 Å². The van der Waals surface area contributed by atoms with Gasteiger partial charge in [-0.2, -0.15) is 0 Å². The number of esters is 1. The molecule has 21 heavy (non-hydrogen) atoms. The minimum Gasteiger partial charge on any atom is -0.466 e. The van der Waals surface area contributed by atoms with E-state index in [0.717, 1.165) is 31.6 Å². The van der Waals surface area contributed by atoms with Crippen LogP contribution in [-0.2, 0) is 14.3 Å². The molecule has 0 aromatic heterocycles. The number of para-hydroxylation sites is 1. The van der Waals surface area contributed by atoms with Crippen LogP contribution in [0.1, 0.15) is 19.8 Å². The molecule has 1 fully saturated rings. The Morgan fingerprint density at radius 2 is 1.90 bits per heavy atom. The molecule has 114 valence electrons. The molecule has 1 aromatic rings. The number of hydrogen-bond acceptors (Lipinski definition) is 3. The number of piperidine rings is 1. The summed E-state index contributed by atoms with van der Waals surface area (Å²) in [6, 6.07) is 9.46. The summed E-state index contributed by atoms with van der Waals surface area (Å²) < 4.78 is 5.05. The summed E-state index contributed by atoms with van der Waals surface area (Å²) in [5, 5.41) is 2.89. The first-order chi connectivity index (χ1) is 10.2. The predicted molar refractivity (Wildman–Crippen MR) is 80.0 cm³/mol. The molecule has 1 saturated heterocycles. The Balaban J connectivity index is 1.73. The number of nitrogens with one attached hydrogen (secondary N) is 2. The van der Waals surface area contributed by atoms with E-state index in [9.17, 15) is 9.59 Å². The topological polar surface area (TPSA) is 59.8 Å². The van der Waals surface area contributed by atoms with Crippen molar-refractivity contribution in [2.75, 3.05) is 31.6 Å². The predicted octanol–water partition coefficient (Wildman–Crippen LogP) is 0.483. The zero-order valence-corrected chi connectivity index (χ0v) is 12.4. The molecule has 1 amide bonds. The van der Waals surface area contributed by atoms with Crippen LogP contribution in [0.5, 0.6) is 0 Å². The Hall–Kier alpha value is -1.88. The summed E-state index contributed by atoms with van der Waals surface area (Å²) in [7, 11) is 0. The van der Waals surface area contributed by atoms with E-state index in [4.69, 9.17) is 4.74 Å². The number of benzene rings is 1. The quantitative estimate of drug-likeness (QED) is 0.776. The standard InChI is InChI=1S/C16H22N2O3/c1-2-21-16(20)13-8-10-18(11-9-13)12-15(19)17-14-6-4-3-5-7-14/h3-7,13H,2,8-12H2,1H3,(H,17,19)/p+1. The van der Waals surface area contributed by atoms with Gasteiger partial charge in [-0.05, 0) is 19.1 Å². The Bertz CT molecular complexity index is 468. The smallest absolute Gasteiger partial charge is 0.309 e. The van der Waals surface area contributed by atoms with Crippen molar-refractivity contribution < 1.29 is 19.2 Å². The first kappa shape index (κ1) is 15.5. The van der Waals surface area contributed by atoms with Crippen molar-refractivity contribution in [3.8, 4) is 0 Å². The van der Waals surface area contributed by atoms with E-state index in [1.54, 1.807) is 0 Å². The fourth-order valence-electron chi connectivity index (χ4n) is 2.65. The highest BCUT2D eigenvalue weighted by molar-refractivity contribution is 5.91. The number of likely N-dealkylation sites (tertiary alicyclic amines) is 1. The second kappa shape index (κ2) is 7.78. The van der Waals surface area contributed by atoms with Gasteiger partial charge in [-0.15, -0.1) is 0 Å². The molecule has 5 nitrogen and oxygen atoms in total. The van der Waals surface area contributed by atoms with Gasteiger partial charge in [0, 0.05) is 18.5 Å². The molecule has 0 unspecified atom stereocenters. The number of amides is 1. The largest absolute Gasteiger partial charge is 0.466 e. The summed E-state index contributed by atoms with van der Waals surface area (Å²) >= 11 is 0. The monoisotopic (exact) mass is 291 g/mol. The summed E-state index contributed by atoms with van der Waals surface area (Å²) in [6.07, 6.45) is 1.60. The molecule has 0 bridgehead atoms. The highest BCUT2D eigenvalue weighted by atomic mass is 16.5. The van der Waals surface area contributed by atoms with Crippen LogP contribution in [0.15, 0.2) is 30.3 Å². The van der Waals surface area contributed by atoms with E-state index < -0.39 is 0 Å². The minimum absolute atomic E-state index is 0.00545. The third kappa shape index (κ3) is 4.86. The first-order valence-electron chi connectivity index (χ1n) is 7.54. The lowest BCUT2D eigenvalue weighted by Gasteiger charge is -2.27. The van der Waals surface area contributed by atoms with Gasteiger partial charge >= 0.3 is 5.97 Å². The zero-order valence-electron chi connectivity index (χ0n) is 12.4. The second-order valence-electron chi connectivity index (χ2n) is 5.37. The number of hydrogen-bond donors (Lipinski definition) is 2. The van der Waals surface area contributed by atoms with Crippen molar-refractivity contribution in [1.82, 2.24) is 0 Å². The minimum atomic E-state index is -0.0923. The van der Waals surface area contributed by atoms with Crippen LogP contribution in [0.4, 0.5) is 5.69 Å². The molecule has 1 heterocycles. The Labute approximate surface area is 125 Å². The van der Waals surface area contributed by atoms with E-state index in [1.807, 2.05) is 37.3 Å². The number of carbonyl (C=O) groups is 2. The third-order valence-corrected chi connectivity index (χ3v) is 3.78. The van der Waals surface area contributed by atoms with Crippen molar-refractivity contribution in [3.63, 3.8) is 0 Å². The molecule has 0 spiro atoms. The van der Waals surface area contributed by atoms with Crippen LogP contribution < -0.4 is 10.2 Å². The van der Waals surface area contributed by atoms with Crippen LogP contribution in [0.3, 0.4) is 0 Å². The van der Waals surface area contributed by atoms with E-state index in [0.29, 0.717) is 13.2 Å². The van der Waals surface area contributed by atoms with Crippen LogP contribution >= 0.6 is 0 Å². The lowest BCUT2D eigenvalue weighted by Crippen LogP contribution is -3.14. The number of carbonyl (C=O) groups excluding carboxylic acids is 2. The highest BCUT2D eigenvalue weighted by Crippen LogP contribution is 2.11. The van der Waals surface area contributed by atoms with E-state index >= 15 is 0 Å². The molecule has 1 aromatic carbocycles. The lowest BCUT2D eigenvalue weighted by molar-refractivity contribution is -0.897. The maximum absolute atomic E-state index is 12.0. The molecule has 2 N–H and O–H groups in total. The molecule has 1 aliphatic heterocycles. The Morgan fingerprint density at radius 3 is 2.52 bits per heavy atom. The van der Waals surface area contributed by atoms with Gasteiger partial charge in [0.2, 0.25) is 0 Å². The van der Waals surface area contributed by atoms with Gasteiger partial charge in [-0.1, -0.05) is 18.2 Å². The lowest BCUT2D eigenvalue weighted by atomic mass is 9.97. The average Bonchev–Trinajstić information content (AvgIpc) is 2.49. The van der Waals surface area contributed by atoms with Crippen molar-refractivity contribution in [1.29, 1.82) is 0 Å². The summed E-state index contributed by atoms with van der Waals surface area (Å²) in [5.41, 5.74) is 0.823. The van der Waals surface area contributed by atoms with Crippen LogP contribution in [0, 0.1) is 5.92 Å². The van der Waals surface area contributed by atoms with Gasteiger partial charge in [0.25, 0.3) is 5.91 Å². The number of anilines is 1. The van der Waals surface area contributed by atoms with E-state index in [1.165, 1.54) is 4.90 Å². The van der Waals surface area contributed by atoms with Crippen LogP contribution in [0.25, 0.3) is 0 Å². The van der Waals surface area contributed by atoms with Gasteiger partial charge in [0.05, 0.1) is 25.6 Å². The number of ether oxygens (including phenoxy) is 1. The molecule has 2 rings (SSSR count). The van der Waals surface area contributed by atoms with Crippen molar-refractivity contribution in [2.45, 2.75) is 19.8 Å². The molecule has 0 radical (unpaired) electrons. The fraction of sp³-hybridized carbons (Fsp3) is 0.500. The average molecular weight is 291 g/mol. The first-order valence-corrected chi connectivity index (χ1v) is 7.54. The number of quaternary nitrogens is 1. The fourth-order valence-corrected chi connectivity index (χ4v) is 2.65. The summed E-state index contributed by atoms with van der Waals surface area (Å²) in [5.74, 6) is -0.0676. The highest BCUT2D eigenvalue weighted by Gasteiger charge is 2.29. The summed E-state index contributed by atoms with van der Waals surface area (Å²) in [6.45, 7) is 4.39. The molecular formula is C16H23N2O3+. The van der Waals surface area contributed by atoms with Gasteiger partial charge in [-0.3, -0.25) is 9.59 Å². The molecule has 0 aliphatic carbocycles. The Kier molecular flexibility index (Phi) is 5.75. The molecule has 5 heteroatoms. The molecule has 1 aliphatic rings. The van der Waals surface area contributed by atoms with Crippen molar-refractivity contribution in [2.24, 2.45) is 5.92 Å².